The average Bonchev–Trinajstić information content (AvgIpc) is 2.43. The minimum Gasteiger partial charge on any atom is -0.385 e. The Morgan fingerprint density at radius 1 is 1.25 bits per heavy atom. The third-order valence-corrected chi connectivity index (χ3v) is 3.71. The van der Waals surface area contributed by atoms with Crippen molar-refractivity contribution in [2.45, 2.75) is 44.6 Å². The molecule has 1 aliphatic carbocycles. The van der Waals surface area contributed by atoms with Crippen LogP contribution in [-0.4, -0.2) is 5.11 Å². The lowest BCUT2D eigenvalue weighted by Crippen LogP contribution is -2.26. The fourth-order valence-electron chi connectivity index (χ4n) is 2.61. The molecule has 0 amide bonds. The molecule has 2 rings (SSSR count). The first-order valence-corrected chi connectivity index (χ1v) is 6.09. The van der Waals surface area contributed by atoms with Crippen LogP contribution in [0, 0.1) is 11.7 Å². The summed E-state index contributed by atoms with van der Waals surface area (Å²) >= 11 is 0. The Kier molecular flexibility index (Phi) is 3.29. The number of halogens is 1. The fraction of sp³-hybridized carbons (Fsp3) is 0.571. The Labute approximate surface area is 96.3 Å². The van der Waals surface area contributed by atoms with Crippen LogP contribution in [0.5, 0.6) is 0 Å². The maximum absolute atomic E-state index is 13.7. The molecule has 1 fully saturated rings. The molecule has 1 nitrogen and oxygen atoms in total. The number of rotatable bonds is 1. The molecule has 0 heterocycles. The van der Waals surface area contributed by atoms with Gasteiger partial charge in [0.2, 0.25) is 0 Å². The van der Waals surface area contributed by atoms with Gasteiger partial charge in [-0.3, -0.25) is 0 Å². The van der Waals surface area contributed by atoms with Gasteiger partial charge in [0.25, 0.3) is 0 Å². The molecule has 0 spiro atoms. The van der Waals surface area contributed by atoms with Crippen molar-refractivity contribution in [2.75, 3.05) is 0 Å². The molecule has 0 radical (unpaired) electrons. The van der Waals surface area contributed by atoms with E-state index in [-0.39, 0.29) is 5.82 Å². The molecule has 2 unspecified atom stereocenters. The van der Waals surface area contributed by atoms with Gasteiger partial charge >= 0.3 is 0 Å². The second-order valence-corrected chi connectivity index (χ2v) is 5.05. The zero-order chi connectivity index (χ0) is 11.6. The van der Waals surface area contributed by atoms with Crippen molar-refractivity contribution in [3.05, 3.63) is 35.6 Å². The van der Waals surface area contributed by atoms with Gasteiger partial charge < -0.3 is 5.11 Å². The van der Waals surface area contributed by atoms with Gasteiger partial charge in [-0.05, 0) is 37.7 Å². The van der Waals surface area contributed by atoms with Crippen LogP contribution in [0.2, 0.25) is 0 Å². The van der Waals surface area contributed by atoms with Crippen molar-refractivity contribution in [1.82, 2.24) is 0 Å². The van der Waals surface area contributed by atoms with Crippen molar-refractivity contribution >= 4 is 0 Å². The van der Waals surface area contributed by atoms with Crippen LogP contribution < -0.4 is 0 Å². The van der Waals surface area contributed by atoms with Crippen LogP contribution in [-0.2, 0) is 5.60 Å². The molecule has 0 aromatic heterocycles. The highest BCUT2D eigenvalue weighted by molar-refractivity contribution is 5.24. The van der Waals surface area contributed by atoms with Gasteiger partial charge in [0.05, 0.1) is 5.60 Å². The maximum atomic E-state index is 13.7. The zero-order valence-corrected chi connectivity index (χ0v) is 9.75. The summed E-state index contributed by atoms with van der Waals surface area (Å²) in [6.07, 6.45) is 4.45. The van der Waals surface area contributed by atoms with Crippen LogP contribution in [0.4, 0.5) is 4.39 Å². The van der Waals surface area contributed by atoms with E-state index in [2.05, 4.69) is 6.92 Å². The van der Waals surface area contributed by atoms with E-state index in [9.17, 15) is 9.50 Å². The Bertz CT molecular complexity index is 364. The van der Waals surface area contributed by atoms with Gasteiger partial charge in [-0.2, -0.15) is 0 Å². The highest BCUT2D eigenvalue weighted by Crippen LogP contribution is 2.38. The maximum Gasteiger partial charge on any atom is 0.129 e. The summed E-state index contributed by atoms with van der Waals surface area (Å²) in [4.78, 5) is 0. The van der Waals surface area contributed by atoms with Gasteiger partial charge in [0.15, 0.2) is 0 Å². The molecule has 2 heteroatoms. The topological polar surface area (TPSA) is 20.2 Å². The summed E-state index contributed by atoms with van der Waals surface area (Å²) in [5.41, 5.74) is -0.472. The minimum absolute atomic E-state index is 0.278. The van der Waals surface area contributed by atoms with E-state index < -0.39 is 5.60 Å². The van der Waals surface area contributed by atoms with Crippen molar-refractivity contribution in [3.8, 4) is 0 Å². The minimum atomic E-state index is -0.948. The second-order valence-electron chi connectivity index (χ2n) is 5.05. The molecule has 0 aliphatic heterocycles. The van der Waals surface area contributed by atoms with E-state index in [0.29, 0.717) is 24.3 Å². The monoisotopic (exact) mass is 222 g/mol. The molecule has 2 atom stereocenters. The number of aliphatic hydroxyl groups is 1. The molecule has 1 aliphatic rings. The zero-order valence-electron chi connectivity index (χ0n) is 9.75. The van der Waals surface area contributed by atoms with Crippen molar-refractivity contribution < 1.29 is 9.50 Å². The van der Waals surface area contributed by atoms with Gasteiger partial charge in [0, 0.05) is 5.56 Å². The van der Waals surface area contributed by atoms with Crippen molar-refractivity contribution in [1.29, 1.82) is 0 Å². The largest absolute Gasteiger partial charge is 0.385 e. The Hall–Kier alpha value is -0.890. The highest BCUT2D eigenvalue weighted by atomic mass is 19.1. The first-order valence-electron chi connectivity index (χ1n) is 6.09. The molecule has 88 valence electrons. The Balaban J connectivity index is 2.27. The van der Waals surface area contributed by atoms with Crippen LogP contribution >= 0.6 is 0 Å². The average molecular weight is 222 g/mol. The molecule has 1 aromatic carbocycles. The third-order valence-electron chi connectivity index (χ3n) is 3.71. The number of benzene rings is 1. The van der Waals surface area contributed by atoms with E-state index in [0.717, 1.165) is 19.3 Å². The van der Waals surface area contributed by atoms with Crippen LogP contribution in [0.15, 0.2) is 24.3 Å². The fourth-order valence-corrected chi connectivity index (χ4v) is 2.61. The first kappa shape index (κ1) is 11.6. The van der Waals surface area contributed by atoms with E-state index in [1.807, 2.05) is 0 Å². The molecular weight excluding hydrogens is 203 g/mol. The van der Waals surface area contributed by atoms with Crippen molar-refractivity contribution in [2.24, 2.45) is 5.92 Å². The lowest BCUT2D eigenvalue weighted by Gasteiger charge is -2.27. The second kappa shape index (κ2) is 4.54. The summed E-state index contributed by atoms with van der Waals surface area (Å²) in [7, 11) is 0. The molecule has 0 bridgehead atoms. The Morgan fingerprint density at radius 2 is 2.00 bits per heavy atom. The summed E-state index contributed by atoms with van der Waals surface area (Å²) in [6, 6.07) is 6.61. The molecular formula is C14H19FO. The molecule has 0 saturated heterocycles. The van der Waals surface area contributed by atoms with E-state index >= 15 is 0 Å². The number of hydrogen-bond donors (Lipinski definition) is 1. The number of hydrogen-bond acceptors (Lipinski definition) is 1. The standard InChI is InChI=1S/C14H19FO/c1-11-5-4-9-14(16,10-8-11)12-6-2-3-7-13(12)15/h2-3,6-7,11,16H,4-5,8-10H2,1H3. The van der Waals surface area contributed by atoms with Crippen LogP contribution in [0.1, 0.15) is 44.6 Å². The molecule has 1 N–H and O–H groups in total. The van der Waals surface area contributed by atoms with Crippen LogP contribution in [0.25, 0.3) is 0 Å². The normalized spacial score (nSPS) is 31.1. The van der Waals surface area contributed by atoms with Crippen LogP contribution in [0.3, 0.4) is 0 Å². The van der Waals surface area contributed by atoms with E-state index in [1.165, 1.54) is 6.07 Å². The summed E-state index contributed by atoms with van der Waals surface area (Å²) in [6.45, 7) is 2.20. The SMILES string of the molecule is CC1CCCC(O)(c2ccccc2F)CC1. The summed E-state index contributed by atoms with van der Waals surface area (Å²) in [5.74, 6) is 0.361. The lowest BCUT2D eigenvalue weighted by molar-refractivity contribution is 0.0164. The van der Waals surface area contributed by atoms with Gasteiger partial charge in [-0.1, -0.05) is 31.5 Å². The molecule has 1 saturated carbocycles. The van der Waals surface area contributed by atoms with E-state index in [4.69, 9.17) is 0 Å². The lowest BCUT2D eigenvalue weighted by atomic mass is 9.86. The first-order chi connectivity index (χ1) is 7.62. The van der Waals surface area contributed by atoms with Gasteiger partial charge in [-0.15, -0.1) is 0 Å². The summed E-state index contributed by atoms with van der Waals surface area (Å²) < 4.78 is 13.7. The predicted octanol–water partition coefficient (Wildman–Crippen LogP) is 3.61. The van der Waals surface area contributed by atoms with Gasteiger partial charge in [0.1, 0.15) is 5.82 Å². The predicted molar refractivity (Wildman–Crippen MR) is 62.5 cm³/mol. The Morgan fingerprint density at radius 3 is 2.75 bits per heavy atom. The molecule has 1 aromatic rings. The third kappa shape index (κ3) is 2.27. The van der Waals surface area contributed by atoms with Gasteiger partial charge in [-0.25, -0.2) is 4.39 Å². The van der Waals surface area contributed by atoms with E-state index in [1.54, 1.807) is 18.2 Å². The summed E-state index contributed by atoms with van der Waals surface area (Å²) in [5, 5.41) is 10.6. The van der Waals surface area contributed by atoms with Crippen molar-refractivity contribution in [3.63, 3.8) is 0 Å². The highest BCUT2D eigenvalue weighted by Gasteiger charge is 2.33. The molecule has 16 heavy (non-hydrogen) atoms. The quantitative estimate of drug-likeness (QED) is 0.720. The smallest absolute Gasteiger partial charge is 0.129 e.